The summed E-state index contributed by atoms with van der Waals surface area (Å²) in [6, 6.07) is 2.11. The van der Waals surface area contributed by atoms with Crippen LogP contribution < -0.4 is 0 Å². The Hall–Kier alpha value is -1.03. The molecule has 0 saturated heterocycles. The van der Waals surface area contributed by atoms with Gasteiger partial charge in [0.15, 0.2) is 17.5 Å². The topological polar surface area (TPSA) is 20.2 Å². The lowest BCUT2D eigenvalue weighted by Crippen LogP contribution is -2.24. The van der Waals surface area contributed by atoms with Crippen molar-refractivity contribution in [1.29, 1.82) is 0 Å². The molecule has 4 heteroatoms. The molecule has 82 valence electrons. The van der Waals surface area contributed by atoms with E-state index in [4.69, 9.17) is 0 Å². The van der Waals surface area contributed by atoms with Crippen LogP contribution >= 0.6 is 0 Å². The molecule has 0 spiro atoms. The van der Waals surface area contributed by atoms with Crippen molar-refractivity contribution in [3.05, 3.63) is 35.1 Å². The summed E-state index contributed by atoms with van der Waals surface area (Å²) in [6.45, 7) is 1.54. The van der Waals surface area contributed by atoms with Crippen LogP contribution in [0.3, 0.4) is 0 Å². The minimum absolute atomic E-state index is 0.0800. The summed E-state index contributed by atoms with van der Waals surface area (Å²) in [4.78, 5) is 0. The van der Waals surface area contributed by atoms with Crippen molar-refractivity contribution in [1.82, 2.24) is 0 Å². The van der Waals surface area contributed by atoms with Gasteiger partial charge in [-0.15, -0.1) is 0 Å². The number of hydrogen-bond acceptors (Lipinski definition) is 1. The summed E-state index contributed by atoms with van der Waals surface area (Å²) in [5.41, 5.74) is -0.630. The Labute approximate surface area is 85.5 Å². The molecule has 1 nitrogen and oxygen atoms in total. The first-order valence-corrected chi connectivity index (χ1v) is 4.81. The van der Waals surface area contributed by atoms with Crippen LogP contribution in [-0.2, 0) is 5.41 Å². The third-order valence-electron chi connectivity index (χ3n) is 3.16. The van der Waals surface area contributed by atoms with E-state index < -0.39 is 29.0 Å². The summed E-state index contributed by atoms with van der Waals surface area (Å²) in [5, 5.41) is 9.50. The van der Waals surface area contributed by atoms with Crippen molar-refractivity contribution in [2.24, 2.45) is 0 Å². The second kappa shape index (κ2) is 3.23. The van der Waals surface area contributed by atoms with E-state index in [1.807, 2.05) is 0 Å². The van der Waals surface area contributed by atoms with Gasteiger partial charge in [0.25, 0.3) is 0 Å². The minimum Gasteiger partial charge on any atom is -0.392 e. The van der Waals surface area contributed by atoms with E-state index in [2.05, 4.69) is 0 Å². The summed E-state index contributed by atoms with van der Waals surface area (Å²) in [5.74, 6) is -3.83. The largest absolute Gasteiger partial charge is 0.392 e. The van der Waals surface area contributed by atoms with Gasteiger partial charge in [-0.25, -0.2) is 13.2 Å². The monoisotopic (exact) mass is 216 g/mol. The molecular weight excluding hydrogens is 205 g/mol. The quantitative estimate of drug-likeness (QED) is 0.753. The molecule has 1 aliphatic carbocycles. The minimum atomic E-state index is -1.46. The van der Waals surface area contributed by atoms with Gasteiger partial charge in [0.05, 0.1) is 6.10 Å². The van der Waals surface area contributed by atoms with Crippen LogP contribution in [0.15, 0.2) is 12.1 Å². The molecular formula is C11H11F3O. The predicted molar refractivity (Wildman–Crippen MR) is 48.9 cm³/mol. The van der Waals surface area contributed by atoms with Gasteiger partial charge in [-0.1, -0.05) is 6.07 Å². The molecule has 1 aliphatic rings. The van der Waals surface area contributed by atoms with Crippen LogP contribution in [0.1, 0.15) is 25.3 Å². The van der Waals surface area contributed by atoms with Crippen molar-refractivity contribution < 1.29 is 18.3 Å². The molecule has 1 fully saturated rings. The molecule has 2 rings (SSSR count). The van der Waals surface area contributed by atoms with Crippen molar-refractivity contribution in [3.63, 3.8) is 0 Å². The standard InChI is InChI=1S/C11H11F3O/c1-6(15)11(4-5-11)7-2-3-8(12)10(14)9(7)13/h2-3,6,15H,4-5H2,1H3. The van der Waals surface area contributed by atoms with Crippen molar-refractivity contribution in [3.8, 4) is 0 Å². The third-order valence-corrected chi connectivity index (χ3v) is 3.16. The normalized spacial score (nSPS) is 20.1. The first-order valence-electron chi connectivity index (χ1n) is 4.81. The van der Waals surface area contributed by atoms with Crippen molar-refractivity contribution in [2.45, 2.75) is 31.3 Å². The lowest BCUT2D eigenvalue weighted by Gasteiger charge is -2.19. The van der Waals surface area contributed by atoms with Gasteiger partial charge in [-0.3, -0.25) is 0 Å². The molecule has 1 unspecified atom stereocenters. The number of halogens is 3. The zero-order valence-electron chi connectivity index (χ0n) is 8.23. The average molecular weight is 216 g/mol. The second-order valence-corrected chi connectivity index (χ2v) is 4.06. The third kappa shape index (κ3) is 1.44. The number of benzene rings is 1. The molecule has 0 aliphatic heterocycles. The van der Waals surface area contributed by atoms with Crippen molar-refractivity contribution in [2.75, 3.05) is 0 Å². The highest BCUT2D eigenvalue weighted by molar-refractivity contribution is 5.35. The number of hydrogen-bond donors (Lipinski definition) is 1. The highest BCUT2D eigenvalue weighted by atomic mass is 19.2. The highest BCUT2D eigenvalue weighted by Crippen LogP contribution is 2.51. The number of aliphatic hydroxyl groups is 1. The van der Waals surface area contributed by atoms with Crippen LogP contribution in [-0.4, -0.2) is 11.2 Å². The Bertz CT molecular complexity index is 397. The Morgan fingerprint density at radius 3 is 2.27 bits per heavy atom. The number of aliphatic hydroxyl groups excluding tert-OH is 1. The van der Waals surface area contributed by atoms with Crippen LogP contribution in [0.25, 0.3) is 0 Å². The second-order valence-electron chi connectivity index (χ2n) is 4.06. The Morgan fingerprint density at radius 2 is 1.80 bits per heavy atom. The molecule has 1 aromatic carbocycles. The Kier molecular flexibility index (Phi) is 2.26. The van der Waals surface area contributed by atoms with E-state index in [0.29, 0.717) is 12.8 Å². The van der Waals surface area contributed by atoms with Gasteiger partial charge in [-0.2, -0.15) is 0 Å². The molecule has 1 aromatic rings. The Balaban J connectivity index is 2.51. The van der Waals surface area contributed by atoms with E-state index in [9.17, 15) is 18.3 Å². The van der Waals surface area contributed by atoms with Crippen LogP contribution in [0, 0.1) is 17.5 Å². The molecule has 0 radical (unpaired) electrons. The fourth-order valence-corrected chi connectivity index (χ4v) is 1.96. The summed E-state index contributed by atoms with van der Waals surface area (Å²) in [6.07, 6.45) is 0.455. The SMILES string of the molecule is CC(O)C1(c2ccc(F)c(F)c2F)CC1. The molecule has 0 bridgehead atoms. The number of rotatable bonds is 2. The van der Waals surface area contributed by atoms with Crippen molar-refractivity contribution >= 4 is 0 Å². The maximum absolute atomic E-state index is 13.4. The van der Waals surface area contributed by atoms with Crippen LogP contribution in [0.4, 0.5) is 13.2 Å². The van der Waals surface area contributed by atoms with E-state index in [1.54, 1.807) is 0 Å². The van der Waals surface area contributed by atoms with E-state index >= 15 is 0 Å². The van der Waals surface area contributed by atoms with Gasteiger partial charge < -0.3 is 5.11 Å². The molecule has 15 heavy (non-hydrogen) atoms. The molecule has 0 aromatic heterocycles. The molecule has 1 N–H and O–H groups in total. The van der Waals surface area contributed by atoms with Crippen LogP contribution in [0.5, 0.6) is 0 Å². The van der Waals surface area contributed by atoms with Gasteiger partial charge in [-0.05, 0) is 31.4 Å². The Morgan fingerprint density at radius 1 is 1.20 bits per heavy atom. The zero-order chi connectivity index (χ0) is 11.2. The van der Waals surface area contributed by atoms with E-state index in [1.165, 1.54) is 13.0 Å². The van der Waals surface area contributed by atoms with Gasteiger partial charge in [0, 0.05) is 5.41 Å². The van der Waals surface area contributed by atoms with Gasteiger partial charge >= 0.3 is 0 Å². The van der Waals surface area contributed by atoms with Gasteiger partial charge in [0.1, 0.15) is 0 Å². The predicted octanol–water partition coefficient (Wildman–Crippen LogP) is 2.52. The molecule has 0 heterocycles. The summed E-state index contributed by atoms with van der Waals surface area (Å²) in [7, 11) is 0. The zero-order valence-corrected chi connectivity index (χ0v) is 8.23. The molecule has 1 saturated carbocycles. The molecule has 1 atom stereocenters. The fraction of sp³-hybridized carbons (Fsp3) is 0.455. The average Bonchev–Trinajstić information content (AvgIpc) is 2.95. The summed E-state index contributed by atoms with van der Waals surface area (Å²) >= 11 is 0. The lowest BCUT2D eigenvalue weighted by atomic mass is 9.90. The van der Waals surface area contributed by atoms with E-state index in [0.717, 1.165) is 6.07 Å². The first-order chi connectivity index (χ1) is 6.99. The van der Waals surface area contributed by atoms with E-state index in [-0.39, 0.29) is 5.56 Å². The first kappa shape index (κ1) is 10.5. The lowest BCUT2D eigenvalue weighted by molar-refractivity contribution is 0.148. The highest BCUT2D eigenvalue weighted by Gasteiger charge is 2.50. The fourth-order valence-electron chi connectivity index (χ4n) is 1.96. The molecule has 0 amide bonds. The maximum atomic E-state index is 13.4. The summed E-state index contributed by atoms with van der Waals surface area (Å²) < 4.78 is 39.1. The smallest absolute Gasteiger partial charge is 0.194 e. The van der Waals surface area contributed by atoms with Gasteiger partial charge in [0.2, 0.25) is 0 Å². The maximum Gasteiger partial charge on any atom is 0.194 e. The van der Waals surface area contributed by atoms with Crippen LogP contribution in [0.2, 0.25) is 0 Å².